The molecule has 2 rings (SSSR count). The smallest absolute Gasteiger partial charge is 0.418 e. The summed E-state index contributed by atoms with van der Waals surface area (Å²) >= 11 is 0. The lowest BCUT2D eigenvalue weighted by atomic mass is 10.1. The maximum Gasteiger partial charge on any atom is 0.418 e. The SMILES string of the molecule is COc1ccc(S(=O)(=O)N(C)CC(=O)Nc2ccccc2C(F)(F)F)cc1C. The summed E-state index contributed by atoms with van der Waals surface area (Å²) in [4.78, 5) is 12.1. The largest absolute Gasteiger partial charge is 0.496 e. The van der Waals surface area contributed by atoms with Crippen LogP contribution in [0, 0.1) is 6.92 Å². The van der Waals surface area contributed by atoms with Gasteiger partial charge < -0.3 is 10.1 Å². The Labute approximate surface area is 161 Å². The van der Waals surface area contributed by atoms with Crippen LogP contribution < -0.4 is 10.1 Å². The van der Waals surface area contributed by atoms with Crippen molar-refractivity contribution in [1.29, 1.82) is 0 Å². The molecular formula is C18H19F3N2O4S. The van der Waals surface area contributed by atoms with Gasteiger partial charge in [0.15, 0.2) is 0 Å². The highest BCUT2D eigenvalue weighted by Crippen LogP contribution is 2.34. The van der Waals surface area contributed by atoms with Crippen molar-refractivity contribution in [2.24, 2.45) is 0 Å². The number of sulfonamides is 1. The number of benzene rings is 2. The first-order chi connectivity index (χ1) is 13.0. The molecule has 28 heavy (non-hydrogen) atoms. The summed E-state index contributed by atoms with van der Waals surface area (Å²) in [6.45, 7) is 1.01. The van der Waals surface area contributed by atoms with E-state index in [0.717, 1.165) is 16.4 Å². The summed E-state index contributed by atoms with van der Waals surface area (Å²) in [5, 5.41) is 2.12. The molecule has 0 spiro atoms. The van der Waals surface area contributed by atoms with Gasteiger partial charge >= 0.3 is 6.18 Å². The van der Waals surface area contributed by atoms with Crippen LogP contribution in [0.3, 0.4) is 0 Å². The van der Waals surface area contributed by atoms with Gasteiger partial charge in [-0.05, 0) is 42.8 Å². The fraction of sp³-hybridized carbons (Fsp3) is 0.278. The number of anilines is 1. The van der Waals surface area contributed by atoms with Gasteiger partial charge in [-0.3, -0.25) is 4.79 Å². The number of halogens is 3. The highest BCUT2D eigenvalue weighted by Gasteiger charge is 2.34. The number of nitrogens with one attached hydrogen (secondary N) is 1. The molecule has 0 fully saturated rings. The average Bonchev–Trinajstić information content (AvgIpc) is 2.60. The minimum atomic E-state index is -4.65. The number of aryl methyl sites for hydroxylation is 1. The number of amides is 1. The Bertz CT molecular complexity index is 975. The van der Waals surface area contributed by atoms with E-state index in [1.165, 1.54) is 44.5 Å². The maximum absolute atomic E-state index is 13.0. The van der Waals surface area contributed by atoms with Crippen molar-refractivity contribution in [3.8, 4) is 5.75 Å². The number of nitrogens with zero attached hydrogens (tertiary/aromatic N) is 1. The number of likely N-dealkylation sites (N-methyl/N-ethyl adjacent to an activating group) is 1. The lowest BCUT2D eigenvalue weighted by Gasteiger charge is -2.19. The quantitative estimate of drug-likeness (QED) is 0.784. The van der Waals surface area contributed by atoms with E-state index >= 15 is 0 Å². The zero-order chi connectivity index (χ0) is 21.1. The van der Waals surface area contributed by atoms with Crippen LogP contribution in [0.25, 0.3) is 0 Å². The first kappa shape index (κ1) is 21.7. The Morgan fingerprint density at radius 1 is 1.18 bits per heavy atom. The van der Waals surface area contributed by atoms with Crippen LogP contribution in [-0.2, 0) is 21.0 Å². The molecule has 0 atom stereocenters. The van der Waals surface area contributed by atoms with E-state index in [1.807, 2.05) is 0 Å². The van der Waals surface area contributed by atoms with E-state index in [1.54, 1.807) is 6.92 Å². The number of para-hydroxylation sites is 1. The van der Waals surface area contributed by atoms with E-state index in [4.69, 9.17) is 4.74 Å². The molecule has 10 heteroatoms. The van der Waals surface area contributed by atoms with Gasteiger partial charge in [0.1, 0.15) is 5.75 Å². The highest BCUT2D eigenvalue weighted by molar-refractivity contribution is 7.89. The molecule has 0 aromatic heterocycles. The Balaban J connectivity index is 2.17. The zero-order valence-electron chi connectivity index (χ0n) is 15.4. The van der Waals surface area contributed by atoms with Crippen molar-refractivity contribution in [3.05, 3.63) is 53.6 Å². The zero-order valence-corrected chi connectivity index (χ0v) is 16.2. The fourth-order valence-corrected chi connectivity index (χ4v) is 3.72. The Hall–Kier alpha value is -2.59. The number of alkyl halides is 3. The van der Waals surface area contributed by atoms with Crippen LogP contribution in [0.15, 0.2) is 47.4 Å². The van der Waals surface area contributed by atoms with Crippen LogP contribution >= 0.6 is 0 Å². The van der Waals surface area contributed by atoms with Crippen molar-refractivity contribution in [3.63, 3.8) is 0 Å². The summed E-state index contributed by atoms with van der Waals surface area (Å²) in [6.07, 6.45) is -4.65. The predicted octanol–water partition coefficient (Wildman–Crippen LogP) is 3.28. The molecule has 0 heterocycles. The highest BCUT2D eigenvalue weighted by atomic mass is 32.2. The topological polar surface area (TPSA) is 75.7 Å². The van der Waals surface area contributed by atoms with Gasteiger partial charge in [0, 0.05) is 7.05 Å². The molecule has 2 aromatic rings. The van der Waals surface area contributed by atoms with Crippen molar-refractivity contribution in [2.75, 3.05) is 26.0 Å². The summed E-state index contributed by atoms with van der Waals surface area (Å²) in [6, 6.07) is 8.66. The predicted molar refractivity (Wildman–Crippen MR) is 97.6 cm³/mol. The van der Waals surface area contributed by atoms with Crippen molar-refractivity contribution in [2.45, 2.75) is 18.0 Å². The summed E-state index contributed by atoms with van der Waals surface area (Å²) in [5.74, 6) is -0.392. The number of hydrogen-bond donors (Lipinski definition) is 1. The molecule has 0 radical (unpaired) electrons. The van der Waals surface area contributed by atoms with Gasteiger partial charge in [0.2, 0.25) is 15.9 Å². The number of ether oxygens (including phenoxy) is 1. The third kappa shape index (κ3) is 4.82. The van der Waals surface area contributed by atoms with Crippen molar-refractivity contribution in [1.82, 2.24) is 4.31 Å². The molecule has 6 nitrogen and oxygen atoms in total. The van der Waals surface area contributed by atoms with Gasteiger partial charge in [-0.2, -0.15) is 17.5 Å². The fourth-order valence-electron chi connectivity index (χ4n) is 2.51. The lowest BCUT2D eigenvalue weighted by molar-refractivity contribution is -0.137. The van der Waals surface area contributed by atoms with Crippen LogP contribution in [0.5, 0.6) is 5.75 Å². The van der Waals surface area contributed by atoms with E-state index in [2.05, 4.69) is 5.32 Å². The second-order valence-corrected chi connectivity index (χ2v) is 8.03. The Morgan fingerprint density at radius 3 is 2.39 bits per heavy atom. The molecule has 1 amide bonds. The molecule has 0 aliphatic rings. The summed E-state index contributed by atoms with van der Waals surface area (Å²) < 4.78 is 70.1. The second-order valence-electron chi connectivity index (χ2n) is 5.98. The lowest BCUT2D eigenvalue weighted by Crippen LogP contribution is -2.35. The third-order valence-electron chi connectivity index (χ3n) is 3.95. The van der Waals surface area contributed by atoms with E-state index in [9.17, 15) is 26.4 Å². The molecular weight excluding hydrogens is 397 g/mol. The van der Waals surface area contributed by atoms with Crippen LogP contribution in [0.4, 0.5) is 18.9 Å². The monoisotopic (exact) mass is 416 g/mol. The third-order valence-corrected chi connectivity index (χ3v) is 5.75. The van der Waals surface area contributed by atoms with Gasteiger partial charge in [-0.15, -0.1) is 0 Å². The molecule has 0 bridgehead atoms. The van der Waals surface area contributed by atoms with Crippen LogP contribution in [0.1, 0.15) is 11.1 Å². The molecule has 0 saturated heterocycles. The normalized spacial score (nSPS) is 12.1. The molecule has 0 aliphatic carbocycles. The van der Waals surface area contributed by atoms with E-state index in [-0.39, 0.29) is 4.90 Å². The van der Waals surface area contributed by atoms with Gasteiger partial charge in [-0.1, -0.05) is 12.1 Å². The van der Waals surface area contributed by atoms with E-state index < -0.39 is 39.9 Å². The first-order valence-corrected chi connectivity index (χ1v) is 9.48. The van der Waals surface area contributed by atoms with Crippen molar-refractivity contribution < 1.29 is 31.1 Å². The molecule has 0 unspecified atom stereocenters. The summed E-state index contributed by atoms with van der Waals surface area (Å²) in [5.41, 5.74) is -0.869. The van der Waals surface area contributed by atoms with Gasteiger partial charge in [-0.25, -0.2) is 8.42 Å². The Kier molecular flexibility index (Phi) is 6.35. The number of hydrogen-bond acceptors (Lipinski definition) is 4. The van der Waals surface area contributed by atoms with Crippen LogP contribution in [0.2, 0.25) is 0 Å². The number of methoxy groups -OCH3 is 1. The number of carbonyl (C=O) groups is 1. The maximum atomic E-state index is 13.0. The standard InChI is InChI=1S/C18H19F3N2O4S/c1-12-10-13(8-9-16(12)27-3)28(25,26)23(2)11-17(24)22-15-7-5-4-6-14(15)18(19,20)21/h4-10H,11H2,1-3H3,(H,22,24). The average molecular weight is 416 g/mol. The number of carbonyl (C=O) groups excluding carboxylic acids is 1. The first-order valence-electron chi connectivity index (χ1n) is 8.04. The minimum Gasteiger partial charge on any atom is -0.496 e. The molecule has 0 aliphatic heterocycles. The molecule has 2 aromatic carbocycles. The molecule has 1 N–H and O–H groups in total. The Morgan fingerprint density at radius 2 is 1.82 bits per heavy atom. The van der Waals surface area contributed by atoms with Crippen molar-refractivity contribution >= 4 is 21.6 Å². The summed E-state index contributed by atoms with van der Waals surface area (Å²) in [7, 11) is -1.40. The van der Waals surface area contributed by atoms with E-state index in [0.29, 0.717) is 11.3 Å². The van der Waals surface area contributed by atoms with Gasteiger partial charge in [0.05, 0.1) is 29.8 Å². The number of rotatable bonds is 6. The molecule has 152 valence electrons. The molecule has 0 saturated carbocycles. The van der Waals surface area contributed by atoms with Gasteiger partial charge in [0.25, 0.3) is 0 Å². The minimum absolute atomic E-state index is 0.0585. The second kappa shape index (κ2) is 8.19. The van der Waals surface area contributed by atoms with Crippen LogP contribution in [-0.4, -0.2) is 39.3 Å².